The number of ketones is 1. The number of Topliss-reactive ketones (excluding diaryl/α,β-unsaturated/α-hetero) is 1. The van der Waals surface area contributed by atoms with Crippen LogP contribution in [0.3, 0.4) is 0 Å². The molecule has 9 atom stereocenters. The molecule has 8 nitrogen and oxygen atoms in total. The SMILES string of the molecule is [2H]C1([2H])[C@]([2H])(O)[C@@]2([2H])[C@@H](CC[C@H]3C[C@H](O)CC[C@@]32C)[C@@H]2CC[C@](O)(C(=O)COS(=O)(=O)O)[C@]21C. The normalized spacial score (nSPS) is 59.5. The summed E-state index contributed by atoms with van der Waals surface area (Å²) in [6, 6.07) is 0. The first-order valence-corrected chi connectivity index (χ1v) is 12.0. The summed E-state index contributed by atoms with van der Waals surface area (Å²) in [4.78, 5) is 13.0. The molecule has 0 bridgehead atoms. The molecule has 4 aliphatic carbocycles. The number of aliphatic hydroxyl groups excluding tert-OH is 1. The monoisotopic (exact) mass is 450 g/mol. The molecule has 9 heteroatoms. The smallest absolute Gasteiger partial charge is 0.393 e. The van der Waals surface area contributed by atoms with Crippen LogP contribution < -0.4 is 0 Å². The van der Waals surface area contributed by atoms with Gasteiger partial charge in [-0.3, -0.25) is 9.35 Å². The molecule has 0 spiro atoms. The van der Waals surface area contributed by atoms with Crippen molar-refractivity contribution in [1.82, 2.24) is 0 Å². The van der Waals surface area contributed by atoms with Crippen molar-refractivity contribution >= 4 is 16.2 Å². The van der Waals surface area contributed by atoms with E-state index in [-0.39, 0.29) is 18.8 Å². The van der Waals surface area contributed by atoms with E-state index in [1.807, 2.05) is 0 Å². The summed E-state index contributed by atoms with van der Waals surface area (Å²) in [5.41, 5.74) is -5.48. The van der Waals surface area contributed by atoms with Crippen LogP contribution in [0.2, 0.25) is 0 Å². The Kier molecular flexibility index (Phi) is 4.31. The van der Waals surface area contributed by atoms with Crippen molar-refractivity contribution in [2.45, 2.75) is 83.0 Å². The maximum Gasteiger partial charge on any atom is 0.397 e. The van der Waals surface area contributed by atoms with E-state index in [2.05, 4.69) is 4.18 Å². The number of carbonyl (C=O) groups is 1. The third-order valence-electron chi connectivity index (χ3n) is 8.60. The Morgan fingerprint density at radius 1 is 1.20 bits per heavy atom. The topological polar surface area (TPSA) is 141 Å². The Bertz CT molecular complexity index is 991. The van der Waals surface area contributed by atoms with Gasteiger partial charge in [-0.1, -0.05) is 13.8 Å². The molecule has 4 saturated carbocycles. The van der Waals surface area contributed by atoms with E-state index in [0.29, 0.717) is 32.1 Å². The third-order valence-corrected chi connectivity index (χ3v) is 9.02. The third kappa shape index (κ3) is 3.28. The molecule has 30 heavy (non-hydrogen) atoms. The first-order valence-electron chi connectivity index (χ1n) is 12.6. The number of fused-ring (bicyclic) bond motifs is 5. The average molecular weight is 451 g/mol. The van der Waals surface area contributed by atoms with Crippen LogP contribution in [-0.2, 0) is 19.4 Å². The van der Waals surface area contributed by atoms with Gasteiger partial charge >= 0.3 is 10.4 Å². The number of aliphatic hydroxyl groups is 3. The molecule has 0 unspecified atom stereocenters. The van der Waals surface area contributed by atoms with Gasteiger partial charge in [-0.05, 0) is 80.4 Å². The predicted octanol–water partition coefficient (Wildman–Crippen LogP) is 1.48. The Balaban J connectivity index is 1.83. The van der Waals surface area contributed by atoms with E-state index in [1.165, 1.54) is 6.92 Å². The van der Waals surface area contributed by atoms with Crippen LogP contribution in [0.1, 0.15) is 70.6 Å². The van der Waals surface area contributed by atoms with E-state index in [9.17, 15) is 29.9 Å². The van der Waals surface area contributed by atoms with Gasteiger partial charge in [-0.15, -0.1) is 0 Å². The van der Waals surface area contributed by atoms with Crippen LogP contribution >= 0.6 is 0 Å². The zero-order valence-electron chi connectivity index (χ0n) is 21.3. The molecule has 4 aliphatic rings. The van der Waals surface area contributed by atoms with E-state index in [1.54, 1.807) is 6.92 Å². The molecule has 4 rings (SSSR count). The second-order valence-electron chi connectivity index (χ2n) is 9.93. The largest absolute Gasteiger partial charge is 0.397 e. The van der Waals surface area contributed by atoms with Crippen LogP contribution in [0.25, 0.3) is 0 Å². The number of hydrogen-bond acceptors (Lipinski definition) is 7. The Morgan fingerprint density at radius 3 is 2.57 bits per heavy atom. The van der Waals surface area contributed by atoms with Gasteiger partial charge in [0.1, 0.15) is 12.2 Å². The molecule has 172 valence electrons. The second kappa shape index (κ2) is 7.22. The average Bonchev–Trinajstić information content (AvgIpc) is 3.00. The summed E-state index contributed by atoms with van der Waals surface area (Å²) in [6.45, 7) is 1.85. The molecule has 0 heterocycles. The lowest BCUT2D eigenvalue weighted by Gasteiger charge is -2.62. The highest BCUT2D eigenvalue weighted by Crippen LogP contribution is 2.68. The highest BCUT2D eigenvalue weighted by atomic mass is 32.3. The fraction of sp³-hybridized carbons (Fsp3) is 0.952. The minimum absolute atomic E-state index is 0.134. The number of carbonyl (C=O) groups excluding carboxylic acids is 1. The molecule has 0 aromatic rings. The van der Waals surface area contributed by atoms with E-state index < -0.39 is 75.5 Å². The van der Waals surface area contributed by atoms with Crippen molar-refractivity contribution in [2.24, 2.45) is 34.5 Å². The van der Waals surface area contributed by atoms with E-state index in [4.69, 9.17) is 8.67 Å². The quantitative estimate of drug-likeness (QED) is 0.472. The van der Waals surface area contributed by atoms with Gasteiger partial charge in [-0.25, -0.2) is 4.18 Å². The molecule has 0 aliphatic heterocycles. The molecule has 0 saturated heterocycles. The molecule has 0 amide bonds. The van der Waals surface area contributed by atoms with Gasteiger partial charge in [0.15, 0.2) is 5.78 Å². The fourth-order valence-electron chi connectivity index (χ4n) is 6.97. The summed E-state index contributed by atoms with van der Waals surface area (Å²) < 4.78 is 71.5. The summed E-state index contributed by atoms with van der Waals surface area (Å²) in [7, 11) is -4.99. The minimum Gasteiger partial charge on any atom is -0.393 e. The Morgan fingerprint density at radius 2 is 1.90 bits per heavy atom. The zero-order valence-corrected chi connectivity index (χ0v) is 18.1. The van der Waals surface area contributed by atoms with Gasteiger partial charge < -0.3 is 15.3 Å². The van der Waals surface area contributed by atoms with Crippen LogP contribution in [0.4, 0.5) is 0 Å². The molecule has 4 fully saturated rings. The molecule has 0 aromatic carbocycles. The fourth-order valence-corrected chi connectivity index (χ4v) is 7.23. The predicted molar refractivity (Wildman–Crippen MR) is 107 cm³/mol. The van der Waals surface area contributed by atoms with Crippen molar-refractivity contribution in [3.8, 4) is 0 Å². The number of hydrogen-bond donors (Lipinski definition) is 4. The first kappa shape index (κ1) is 17.9. The molecule has 0 radical (unpaired) electrons. The van der Waals surface area contributed by atoms with Crippen molar-refractivity contribution < 1.29 is 42.8 Å². The molecule has 4 N–H and O–H groups in total. The van der Waals surface area contributed by atoms with Crippen LogP contribution in [0.15, 0.2) is 0 Å². The van der Waals surface area contributed by atoms with Crippen LogP contribution in [0.5, 0.6) is 0 Å². The van der Waals surface area contributed by atoms with Gasteiger partial charge in [0, 0.05) is 9.53 Å². The first-order chi connectivity index (χ1) is 15.3. The lowest BCUT2D eigenvalue weighted by atomic mass is 9.43. The maximum atomic E-state index is 13.0. The van der Waals surface area contributed by atoms with Crippen molar-refractivity contribution in [1.29, 1.82) is 0 Å². The highest BCUT2D eigenvalue weighted by Gasteiger charge is 2.68. The highest BCUT2D eigenvalue weighted by molar-refractivity contribution is 7.80. The molecular formula is C21H34O8S. The van der Waals surface area contributed by atoms with Crippen molar-refractivity contribution in [3.63, 3.8) is 0 Å². The standard InChI is InChI=1S/C21H34O8S/c1-19-7-5-13(22)9-12(19)3-4-14-15-6-8-21(25,17(24)11-29-30(26,27)28)20(15,2)10-16(23)18(14)19/h12-16,18,22-23,25H,3-11H2,1-2H3,(H,26,27,28)/t12-,13+,14-,15-,16-,18+,19-,20-,21-/m0/s1/i10D2,16D,18D. The zero-order chi connectivity index (χ0) is 25.8. The van der Waals surface area contributed by atoms with E-state index >= 15 is 0 Å². The molecule has 0 aromatic heterocycles. The van der Waals surface area contributed by atoms with Gasteiger partial charge in [0.2, 0.25) is 0 Å². The van der Waals surface area contributed by atoms with Crippen LogP contribution in [0, 0.1) is 34.5 Å². The van der Waals surface area contributed by atoms with Gasteiger partial charge in [0.25, 0.3) is 0 Å². The summed E-state index contributed by atoms with van der Waals surface area (Å²) in [5.74, 6) is -4.81. The van der Waals surface area contributed by atoms with Crippen LogP contribution in [-0.4, -0.2) is 58.5 Å². The number of rotatable bonds is 4. The lowest BCUT2D eigenvalue weighted by Crippen LogP contribution is -2.63. The Hall–Kier alpha value is -0.580. The lowest BCUT2D eigenvalue weighted by molar-refractivity contribution is -0.202. The Labute approximate surface area is 183 Å². The van der Waals surface area contributed by atoms with Gasteiger partial charge in [0.05, 0.1) is 13.6 Å². The van der Waals surface area contributed by atoms with Crippen molar-refractivity contribution in [2.75, 3.05) is 6.61 Å². The molecular weight excluding hydrogens is 412 g/mol. The summed E-state index contributed by atoms with van der Waals surface area (Å²) in [5, 5.41) is 33.4. The summed E-state index contributed by atoms with van der Waals surface area (Å²) in [6.07, 6.45) is -4.60. The van der Waals surface area contributed by atoms with Crippen molar-refractivity contribution in [3.05, 3.63) is 0 Å². The maximum absolute atomic E-state index is 13.0. The second-order valence-corrected chi connectivity index (χ2v) is 11.0. The summed E-state index contributed by atoms with van der Waals surface area (Å²) >= 11 is 0. The van der Waals surface area contributed by atoms with E-state index in [0.717, 1.165) is 0 Å². The minimum atomic E-state index is -4.99. The van der Waals surface area contributed by atoms with Gasteiger partial charge in [-0.2, -0.15) is 8.42 Å².